The molecule has 1 atom stereocenters. The molecular weight excluding hydrogens is 202 g/mol. The number of hydrogen-bond acceptors (Lipinski definition) is 1. The van der Waals surface area contributed by atoms with Gasteiger partial charge in [0.15, 0.2) is 0 Å². The minimum Gasteiger partial charge on any atom is -0.328 e. The van der Waals surface area contributed by atoms with Gasteiger partial charge in [-0.25, -0.2) is 4.57 Å². The van der Waals surface area contributed by atoms with Gasteiger partial charge in [-0.15, -0.1) is 0 Å². The topological polar surface area (TPSA) is 118 Å². The Kier molecular flexibility index (Phi) is 3.29. The first kappa shape index (κ1) is 10.8. The fourth-order valence-corrected chi connectivity index (χ4v) is 3.85. The SMILES string of the molecule is CS(P(=O)(O)O)=P(O)(O)O. The molecule has 64 valence electrons. The molecule has 0 aliphatic heterocycles. The van der Waals surface area contributed by atoms with Crippen molar-refractivity contribution in [2.45, 2.75) is 0 Å². The molecule has 0 fully saturated rings. The Labute approximate surface area is 59.2 Å². The van der Waals surface area contributed by atoms with Gasteiger partial charge in [0, 0.05) is 0 Å². The van der Waals surface area contributed by atoms with Crippen LogP contribution in [0.4, 0.5) is 0 Å². The maximum atomic E-state index is 10.2. The molecular formula is CH8O6P2S. The minimum absolute atomic E-state index is 0.897. The maximum Gasteiger partial charge on any atom is 0.383 e. The number of hydrogen-bond donors (Lipinski definition) is 5. The lowest BCUT2D eigenvalue weighted by Crippen LogP contribution is -1.91. The van der Waals surface area contributed by atoms with Gasteiger partial charge < -0.3 is 24.5 Å². The Balaban J connectivity index is 5.05. The average molecular weight is 210 g/mol. The zero-order valence-electron chi connectivity index (χ0n) is 4.95. The third-order valence-electron chi connectivity index (χ3n) is 0.699. The van der Waals surface area contributed by atoms with Crippen molar-refractivity contribution < 1.29 is 29.0 Å². The Morgan fingerprint density at radius 1 is 1.10 bits per heavy atom. The van der Waals surface area contributed by atoms with Gasteiger partial charge in [0.05, 0.1) is 0 Å². The van der Waals surface area contributed by atoms with Crippen LogP contribution < -0.4 is 0 Å². The quantitative estimate of drug-likeness (QED) is 0.353. The van der Waals surface area contributed by atoms with Crippen molar-refractivity contribution in [1.29, 1.82) is 0 Å². The predicted octanol–water partition coefficient (Wildman–Crippen LogP) is -1.02. The summed E-state index contributed by atoms with van der Waals surface area (Å²) in [6.45, 7) is -8.91. The molecule has 0 heterocycles. The standard InChI is InChI=1S/CH8O6P2S/c1-10(8(2,3)4)9(5,6)7/h2-4H,1H3,(H2,5,6,7). The van der Waals surface area contributed by atoms with Gasteiger partial charge in [-0.1, -0.05) is 0 Å². The van der Waals surface area contributed by atoms with Gasteiger partial charge in [-0.05, 0) is 15.9 Å². The van der Waals surface area contributed by atoms with Crippen molar-refractivity contribution >= 4 is 23.2 Å². The smallest absolute Gasteiger partial charge is 0.328 e. The summed E-state index contributed by atoms with van der Waals surface area (Å²) in [4.78, 5) is 41.7. The van der Waals surface area contributed by atoms with Crippen LogP contribution in [0.2, 0.25) is 0 Å². The maximum absolute atomic E-state index is 10.2. The molecule has 0 aliphatic rings. The predicted molar refractivity (Wildman–Crippen MR) is 38.9 cm³/mol. The molecule has 0 radical (unpaired) electrons. The Bertz CT molecular complexity index is 212. The Morgan fingerprint density at radius 3 is 1.40 bits per heavy atom. The van der Waals surface area contributed by atoms with Crippen molar-refractivity contribution in [2.24, 2.45) is 0 Å². The van der Waals surface area contributed by atoms with Crippen molar-refractivity contribution in [1.82, 2.24) is 0 Å². The highest BCUT2D eigenvalue weighted by molar-refractivity contribution is 8.63. The van der Waals surface area contributed by atoms with Gasteiger partial charge in [0.2, 0.25) is 0 Å². The van der Waals surface area contributed by atoms with Crippen LogP contribution in [-0.4, -0.2) is 30.7 Å². The van der Waals surface area contributed by atoms with Gasteiger partial charge in [0.25, 0.3) is 6.72 Å². The second kappa shape index (κ2) is 3.05. The van der Waals surface area contributed by atoms with E-state index in [-0.39, 0.29) is 0 Å². The highest BCUT2D eigenvalue weighted by Crippen LogP contribution is 2.53. The lowest BCUT2D eigenvalue weighted by Gasteiger charge is -2.10. The zero-order valence-corrected chi connectivity index (χ0v) is 7.55. The van der Waals surface area contributed by atoms with E-state index in [9.17, 15) is 4.57 Å². The Hall–Kier alpha value is 0.810. The lowest BCUT2D eigenvalue weighted by molar-refractivity contribution is 0.362. The molecule has 0 aliphatic carbocycles. The normalized spacial score (nSPS) is 17.0. The van der Waals surface area contributed by atoms with Gasteiger partial charge >= 0.3 is 6.80 Å². The monoisotopic (exact) mass is 210 g/mol. The van der Waals surface area contributed by atoms with Crippen LogP contribution >= 0.6 is 13.5 Å². The first-order chi connectivity index (χ1) is 4.15. The van der Waals surface area contributed by atoms with E-state index in [1.807, 2.05) is 0 Å². The summed E-state index contributed by atoms with van der Waals surface area (Å²) in [5.74, 6) is 0. The number of rotatable bonds is 1. The van der Waals surface area contributed by atoms with E-state index < -0.39 is 23.2 Å². The third kappa shape index (κ3) is 3.27. The van der Waals surface area contributed by atoms with Gasteiger partial charge in [0.1, 0.15) is 0 Å². The lowest BCUT2D eigenvalue weighted by atomic mass is 12.0. The summed E-state index contributed by atoms with van der Waals surface area (Å²) < 4.78 is 10.2. The van der Waals surface area contributed by atoms with Crippen molar-refractivity contribution in [3.63, 3.8) is 0 Å². The molecule has 0 rings (SSSR count). The summed E-state index contributed by atoms with van der Waals surface area (Å²) >= 11 is 0. The third-order valence-corrected chi connectivity index (χ3v) is 10.2. The molecule has 0 aromatic carbocycles. The Morgan fingerprint density at radius 2 is 1.40 bits per heavy atom. The fraction of sp³-hybridized carbons (Fsp3) is 1.00. The molecule has 5 N–H and O–H groups in total. The first-order valence-electron chi connectivity index (χ1n) is 1.96. The fourth-order valence-electron chi connectivity index (χ4n) is 0.143. The van der Waals surface area contributed by atoms with E-state index in [0.29, 0.717) is 0 Å². The molecule has 0 spiro atoms. The van der Waals surface area contributed by atoms with Crippen LogP contribution in [0.15, 0.2) is 0 Å². The summed E-state index contributed by atoms with van der Waals surface area (Å²) in [6.07, 6.45) is 0.897. The largest absolute Gasteiger partial charge is 0.383 e. The molecule has 0 saturated carbocycles. The second-order valence-electron chi connectivity index (χ2n) is 1.45. The van der Waals surface area contributed by atoms with Crippen LogP contribution in [0.25, 0.3) is 0 Å². The summed E-state index contributed by atoms with van der Waals surface area (Å²) in [6, 6.07) is 0. The van der Waals surface area contributed by atoms with E-state index >= 15 is 0 Å². The van der Waals surface area contributed by atoms with Crippen LogP contribution in [0.3, 0.4) is 0 Å². The van der Waals surface area contributed by atoms with E-state index in [2.05, 4.69) is 0 Å². The van der Waals surface area contributed by atoms with Crippen LogP contribution in [0.1, 0.15) is 0 Å². The molecule has 1 unspecified atom stereocenters. The van der Waals surface area contributed by atoms with Crippen molar-refractivity contribution in [3.05, 3.63) is 0 Å². The first-order valence-corrected chi connectivity index (χ1v) is 8.06. The molecule has 0 saturated heterocycles. The van der Waals surface area contributed by atoms with E-state index in [1.165, 1.54) is 0 Å². The summed E-state index contributed by atoms with van der Waals surface area (Å²) in [7, 11) is -2.06. The van der Waals surface area contributed by atoms with Gasteiger partial charge in [-0.3, -0.25) is 0 Å². The summed E-state index contributed by atoms with van der Waals surface area (Å²) in [5.41, 5.74) is 0. The minimum atomic E-state index is -4.55. The van der Waals surface area contributed by atoms with E-state index in [0.717, 1.165) is 6.26 Å². The average Bonchev–Trinajstić information content (AvgIpc) is 1.59. The molecule has 0 aromatic heterocycles. The second-order valence-corrected chi connectivity index (χ2v) is 11.4. The van der Waals surface area contributed by atoms with Crippen LogP contribution in [0, 0.1) is 0 Å². The molecule has 9 heteroatoms. The molecule has 10 heavy (non-hydrogen) atoms. The highest BCUT2D eigenvalue weighted by atomic mass is 32.9. The molecule has 0 bridgehead atoms. The van der Waals surface area contributed by atoms with Gasteiger partial charge in [-0.2, -0.15) is 0 Å². The van der Waals surface area contributed by atoms with Crippen molar-refractivity contribution in [2.75, 3.05) is 6.26 Å². The summed E-state index contributed by atoms with van der Waals surface area (Å²) in [5, 5.41) is 0. The van der Waals surface area contributed by atoms with Crippen LogP contribution in [0.5, 0.6) is 0 Å². The van der Waals surface area contributed by atoms with E-state index in [1.54, 1.807) is 0 Å². The van der Waals surface area contributed by atoms with E-state index in [4.69, 9.17) is 24.5 Å². The highest BCUT2D eigenvalue weighted by Gasteiger charge is 2.24. The zero-order chi connectivity index (χ0) is 8.58. The van der Waals surface area contributed by atoms with Crippen molar-refractivity contribution in [3.8, 4) is 0 Å². The van der Waals surface area contributed by atoms with Crippen LogP contribution in [-0.2, 0) is 14.3 Å². The molecule has 6 nitrogen and oxygen atoms in total. The molecule has 0 amide bonds. The molecule has 0 aromatic rings.